The summed E-state index contributed by atoms with van der Waals surface area (Å²) in [5.41, 5.74) is 5.12. The molecule has 0 spiro atoms. The van der Waals surface area contributed by atoms with E-state index in [1.165, 1.54) is 6.33 Å². The highest BCUT2D eigenvalue weighted by Crippen LogP contribution is 2.44. The maximum Gasteiger partial charge on any atom is 0.407 e. The molecule has 2 amide bonds. The first kappa shape index (κ1) is 24.0. The number of amides is 2. The summed E-state index contributed by atoms with van der Waals surface area (Å²) >= 11 is 0. The monoisotopic (exact) mass is 476 g/mol. The summed E-state index contributed by atoms with van der Waals surface area (Å²) in [5.74, 6) is -1.70. The van der Waals surface area contributed by atoms with Crippen molar-refractivity contribution in [2.24, 2.45) is 5.92 Å². The summed E-state index contributed by atoms with van der Waals surface area (Å²) in [6.45, 7) is 2.04. The van der Waals surface area contributed by atoms with Crippen molar-refractivity contribution in [3.05, 3.63) is 77.9 Å². The highest BCUT2D eigenvalue weighted by Gasteiger charge is 2.30. The van der Waals surface area contributed by atoms with E-state index in [2.05, 4.69) is 32.7 Å². The van der Waals surface area contributed by atoms with Gasteiger partial charge < -0.3 is 25.5 Å². The minimum atomic E-state index is -0.933. The van der Waals surface area contributed by atoms with Crippen LogP contribution in [0.2, 0.25) is 0 Å². The summed E-state index contributed by atoms with van der Waals surface area (Å²) in [6.07, 6.45) is 2.48. The molecule has 0 radical (unpaired) electrons. The van der Waals surface area contributed by atoms with E-state index in [1.54, 1.807) is 13.1 Å². The van der Waals surface area contributed by atoms with E-state index in [0.29, 0.717) is 5.69 Å². The fraction of sp³-hybridized carbons (Fsp3) is 0.308. The Labute approximate surface area is 202 Å². The number of rotatable bonds is 10. The van der Waals surface area contributed by atoms with Gasteiger partial charge in [-0.25, -0.2) is 9.78 Å². The number of carbonyl (C=O) groups excluding carboxylic acids is 2. The van der Waals surface area contributed by atoms with Crippen molar-refractivity contribution < 1.29 is 24.2 Å². The third-order valence-electron chi connectivity index (χ3n) is 6.08. The third-order valence-corrected chi connectivity index (χ3v) is 6.08. The number of nitrogens with zero attached hydrogens (tertiary/aromatic N) is 1. The summed E-state index contributed by atoms with van der Waals surface area (Å²) < 4.78 is 5.58. The molecule has 2 aromatic carbocycles. The second-order valence-electron chi connectivity index (χ2n) is 8.75. The summed E-state index contributed by atoms with van der Waals surface area (Å²) in [4.78, 5) is 43.3. The lowest BCUT2D eigenvalue weighted by Crippen LogP contribution is -2.49. The second kappa shape index (κ2) is 10.9. The van der Waals surface area contributed by atoms with Gasteiger partial charge in [-0.2, -0.15) is 0 Å². The number of aromatic amines is 1. The molecule has 2 atom stereocenters. The van der Waals surface area contributed by atoms with Gasteiger partial charge in [0, 0.05) is 37.2 Å². The lowest BCUT2D eigenvalue weighted by atomic mass is 9.98. The average molecular weight is 477 g/mol. The smallest absolute Gasteiger partial charge is 0.407 e. The third kappa shape index (κ3) is 5.87. The van der Waals surface area contributed by atoms with Crippen LogP contribution in [0.15, 0.2) is 61.1 Å². The van der Waals surface area contributed by atoms with Crippen LogP contribution in [-0.4, -0.2) is 52.2 Å². The van der Waals surface area contributed by atoms with Crippen molar-refractivity contribution in [3.63, 3.8) is 0 Å². The fourth-order valence-electron chi connectivity index (χ4n) is 4.38. The maximum atomic E-state index is 12.8. The molecule has 2 unspecified atom stereocenters. The Hall–Kier alpha value is -4.14. The van der Waals surface area contributed by atoms with Crippen LogP contribution >= 0.6 is 0 Å². The van der Waals surface area contributed by atoms with Crippen LogP contribution in [0.1, 0.15) is 36.1 Å². The standard InChI is InChI=1S/C26H28N4O5/c1-16(10-24(31)32)12-28-25(33)23(11-17-13-27-15-29-17)30-26(34)35-14-22-20-8-4-2-6-18(20)19-7-3-5-9-21(19)22/h2-9,13,15-16,22-23H,10-12,14H2,1H3,(H,27,29)(H,28,33)(H,30,34)(H,31,32). The Morgan fingerprint density at radius 2 is 1.74 bits per heavy atom. The Kier molecular flexibility index (Phi) is 7.45. The molecular formula is C26H28N4O5. The van der Waals surface area contributed by atoms with Gasteiger partial charge in [-0.15, -0.1) is 0 Å². The van der Waals surface area contributed by atoms with Gasteiger partial charge in [-0.3, -0.25) is 9.59 Å². The number of fused-ring (bicyclic) bond motifs is 3. The predicted molar refractivity (Wildman–Crippen MR) is 129 cm³/mol. The van der Waals surface area contributed by atoms with Crippen molar-refractivity contribution in [1.82, 2.24) is 20.6 Å². The van der Waals surface area contributed by atoms with Gasteiger partial charge in [0.1, 0.15) is 12.6 Å². The first-order valence-corrected chi connectivity index (χ1v) is 11.5. The molecule has 3 aromatic rings. The summed E-state index contributed by atoms with van der Waals surface area (Å²) in [7, 11) is 0. The van der Waals surface area contributed by atoms with Gasteiger partial charge in [-0.1, -0.05) is 55.5 Å². The number of hydrogen-bond acceptors (Lipinski definition) is 5. The number of ether oxygens (including phenoxy) is 1. The van der Waals surface area contributed by atoms with E-state index in [1.807, 2.05) is 36.4 Å². The molecule has 0 bridgehead atoms. The van der Waals surface area contributed by atoms with Crippen molar-refractivity contribution in [3.8, 4) is 11.1 Å². The van der Waals surface area contributed by atoms with Crippen LogP contribution in [0.5, 0.6) is 0 Å². The summed E-state index contributed by atoms with van der Waals surface area (Å²) in [5, 5.41) is 14.3. The van der Waals surface area contributed by atoms with E-state index in [0.717, 1.165) is 22.3 Å². The normalized spacial score (nSPS) is 13.9. The molecular weight excluding hydrogens is 448 g/mol. The lowest BCUT2D eigenvalue weighted by molar-refractivity contribution is -0.138. The number of carbonyl (C=O) groups is 3. The predicted octanol–water partition coefficient (Wildman–Crippen LogP) is 3.09. The van der Waals surface area contributed by atoms with Crippen LogP contribution < -0.4 is 10.6 Å². The van der Waals surface area contributed by atoms with Crippen LogP contribution in [0.3, 0.4) is 0 Å². The van der Waals surface area contributed by atoms with Gasteiger partial charge >= 0.3 is 12.1 Å². The molecule has 4 rings (SSSR count). The molecule has 4 N–H and O–H groups in total. The van der Waals surface area contributed by atoms with Crippen molar-refractivity contribution in [1.29, 1.82) is 0 Å². The zero-order valence-corrected chi connectivity index (χ0v) is 19.4. The van der Waals surface area contributed by atoms with Crippen molar-refractivity contribution in [2.75, 3.05) is 13.2 Å². The molecule has 0 fully saturated rings. The Bertz CT molecular complexity index is 1150. The van der Waals surface area contributed by atoms with Gasteiger partial charge in [0.2, 0.25) is 5.91 Å². The molecule has 1 aromatic heterocycles. The SMILES string of the molecule is CC(CNC(=O)C(Cc1cnc[nH]1)NC(=O)OCC1c2ccccc2-c2ccccc21)CC(=O)O. The number of nitrogens with one attached hydrogen (secondary N) is 3. The van der Waals surface area contributed by atoms with E-state index < -0.39 is 24.0 Å². The minimum Gasteiger partial charge on any atom is -0.481 e. The number of carboxylic acids is 1. The Morgan fingerprint density at radius 1 is 1.09 bits per heavy atom. The van der Waals surface area contributed by atoms with E-state index in [-0.39, 0.29) is 37.8 Å². The molecule has 1 aliphatic carbocycles. The Balaban J connectivity index is 1.40. The number of hydrogen-bond donors (Lipinski definition) is 4. The van der Waals surface area contributed by atoms with Crippen LogP contribution in [0, 0.1) is 5.92 Å². The van der Waals surface area contributed by atoms with Gasteiger partial charge in [-0.05, 0) is 28.2 Å². The number of H-pyrrole nitrogens is 1. The highest BCUT2D eigenvalue weighted by molar-refractivity contribution is 5.86. The average Bonchev–Trinajstić information content (AvgIpc) is 3.46. The Morgan fingerprint density at radius 3 is 2.34 bits per heavy atom. The zero-order valence-electron chi connectivity index (χ0n) is 19.4. The quantitative estimate of drug-likeness (QED) is 0.355. The minimum absolute atomic E-state index is 0.0642. The summed E-state index contributed by atoms with van der Waals surface area (Å²) in [6, 6.07) is 15.2. The molecule has 35 heavy (non-hydrogen) atoms. The van der Waals surface area contributed by atoms with Gasteiger partial charge in [0.25, 0.3) is 0 Å². The number of carboxylic acid groups (broad SMARTS) is 1. The van der Waals surface area contributed by atoms with Crippen molar-refractivity contribution in [2.45, 2.75) is 31.7 Å². The first-order valence-electron chi connectivity index (χ1n) is 11.5. The molecule has 9 heteroatoms. The molecule has 1 aliphatic rings. The molecule has 0 saturated heterocycles. The topological polar surface area (TPSA) is 133 Å². The maximum absolute atomic E-state index is 12.8. The number of benzene rings is 2. The zero-order chi connectivity index (χ0) is 24.8. The lowest BCUT2D eigenvalue weighted by Gasteiger charge is -2.20. The van der Waals surface area contributed by atoms with Crippen LogP contribution in [0.4, 0.5) is 4.79 Å². The van der Waals surface area contributed by atoms with E-state index in [9.17, 15) is 14.4 Å². The fourth-order valence-corrected chi connectivity index (χ4v) is 4.38. The molecule has 1 heterocycles. The largest absolute Gasteiger partial charge is 0.481 e. The van der Waals surface area contributed by atoms with Gasteiger partial charge in [0.05, 0.1) is 6.33 Å². The number of alkyl carbamates (subject to hydrolysis) is 1. The van der Waals surface area contributed by atoms with E-state index >= 15 is 0 Å². The first-order chi connectivity index (χ1) is 16.9. The number of aliphatic carboxylic acids is 1. The van der Waals surface area contributed by atoms with Crippen LogP contribution in [-0.2, 0) is 20.7 Å². The molecule has 0 saturated carbocycles. The van der Waals surface area contributed by atoms with Gasteiger partial charge in [0.15, 0.2) is 0 Å². The number of imidazole rings is 1. The number of aromatic nitrogens is 2. The molecule has 9 nitrogen and oxygen atoms in total. The highest BCUT2D eigenvalue weighted by atomic mass is 16.5. The second-order valence-corrected chi connectivity index (χ2v) is 8.75. The van der Waals surface area contributed by atoms with Crippen LogP contribution in [0.25, 0.3) is 11.1 Å². The van der Waals surface area contributed by atoms with Crippen molar-refractivity contribution >= 4 is 18.0 Å². The van der Waals surface area contributed by atoms with E-state index in [4.69, 9.17) is 9.84 Å². The molecule has 182 valence electrons. The molecule has 0 aliphatic heterocycles.